The monoisotopic (exact) mass is 244 g/mol. The minimum absolute atomic E-state index is 0.187. The second-order valence-corrected chi connectivity index (χ2v) is 4.84. The van der Waals surface area contributed by atoms with Gasteiger partial charge in [0.1, 0.15) is 6.04 Å². The summed E-state index contributed by atoms with van der Waals surface area (Å²) in [6, 6.07) is -0.996. The maximum atomic E-state index is 11.6. The Bertz CT molecular complexity index is 254. The average molecular weight is 244 g/mol. The largest absolute Gasteiger partial charge is 0.480 e. The van der Waals surface area contributed by atoms with Gasteiger partial charge in [-0.1, -0.05) is 27.2 Å². The Morgan fingerprint density at radius 1 is 1.35 bits per heavy atom. The van der Waals surface area contributed by atoms with Gasteiger partial charge in [0, 0.05) is 12.5 Å². The fourth-order valence-electron chi connectivity index (χ4n) is 1.66. The van der Waals surface area contributed by atoms with Crippen LogP contribution in [0.15, 0.2) is 0 Å². The molecule has 0 aliphatic heterocycles. The highest BCUT2D eigenvalue weighted by Crippen LogP contribution is 2.06. The van der Waals surface area contributed by atoms with Gasteiger partial charge in [0.2, 0.25) is 5.91 Å². The lowest BCUT2D eigenvalue weighted by molar-refractivity contribution is -0.142. The summed E-state index contributed by atoms with van der Waals surface area (Å²) in [6.07, 6.45) is 2.32. The molecule has 2 unspecified atom stereocenters. The highest BCUT2D eigenvalue weighted by molar-refractivity contribution is 5.83. The van der Waals surface area contributed by atoms with Gasteiger partial charge in [-0.25, -0.2) is 4.79 Å². The second kappa shape index (κ2) is 8.06. The third-order valence-corrected chi connectivity index (χ3v) is 2.45. The van der Waals surface area contributed by atoms with Crippen molar-refractivity contribution in [1.29, 1.82) is 0 Å². The van der Waals surface area contributed by atoms with E-state index in [1.807, 2.05) is 20.8 Å². The SMILES string of the molecule is CCCC(N)CC(=O)NC(CC(C)C)C(=O)O. The first-order valence-corrected chi connectivity index (χ1v) is 6.14. The minimum Gasteiger partial charge on any atom is -0.480 e. The van der Waals surface area contributed by atoms with Crippen molar-refractivity contribution in [2.75, 3.05) is 0 Å². The van der Waals surface area contributed by atoms with E-state index in [4.69, 9.17) is 10.8 Å². The highest BCUT2D eigenvalue weighted by atomic mass is 16.4. The quantitative estimate of drug-likeness (QED) is 0.596. The Kier molecular flexibility index (Phi) is 7.54. The van der Waals surface area contributed by atoms with E-state index >= 15 is 0 Å². The number of carboxylic acids is 1. The fourth-order valence-corrected chi connectivity index (χ4v) is 1.66. The van der Waals surface area contributed by atoms with Crippen LogP contribution in [0.5, 0.6) is 0 Å². The number of carbonyl (C=O) groups excluding carboxylic acids is 1. The first-order valence-electron chi connectivity index (χ1n) is 6.14. The van der Waals surface area contributed by atoms with Gasteiger partial charge in [-0.15, -0.1) is 0 Å². The van der Waals surface area contributed by atoms with Crippen molar-refractivity contribution in [2.45, 2.75) is 58.5 Å². The molecule has 5 nitrogen and oxygen atoms in total. The van der Waals surface area contributed by atoms with Crippen molar-refractivity contribution in [3.63, 3.8) is 0 Å². The summed E-state index contributed by atoms with van der Waals surface area (Å²) in [7, 11) is 0. The molecular weight excluding hydrogens is 220 g/mol. The number of rotatable bonds is 8. The van der Waals surface area contributed by atoms with Crippen LogP contribution in [0, 0.1) is 5.92 Å². The number of nitrogens with one attached hydrogen (secondary N) is 1. The molecule has 0 aromatic heterocycles. The van der Waals surface area contributed by atoms with Crippen molar-refractivity contribution in [3.05, 3.63) is 0 Å². The van der Waals surface area contributed by atoms with Crippen LogP contribution in [0.3, 0.4) is 0 Å². The molecule has 0 spiro atoms. The maximum Gasteiger partial charge on any atom is 0.326 e. The lowest BCUT2D eigenvalue weighted by Gasteiger charge is -2.17. The zero-order chi connectivity index (χ0) is 13.4. The zero-order valence-electron chi connectivity index (χ0n) is 10.9. The smallest absolute Gasteiger partial charge is 0.326 e. The van der Waals surface area contributed by atoms with E-state index in [1.54, 1.807) is 0 Å². The van der Waals surface area contributed by atoms with Crippen molar-refractivity contribution in [3.8, 4) is 0 Å². The van der Waals surface area contributed by atoms with E-state index in [0.717, 1.165) is 12.8 Å². The van der Waals surface area contributed by atoms with Crippen LogP contribution in [-0.4, -0.2) is 29.1 Å². The highest BCUT2D eigenvalue weighted by Gasteiger charge is 2.21. The molecule has 2 atom stereocenters. The molecule has 0 rings (SSSR count). The number of hydrogen-bond acceptors (Lipinski definition) is 3. The first kappa shape index (κ1) is 15.9. The molecule has 100 valence electrons. The van der Waals surface area contributed by atoms with Gasteiger partial charge in [0.15, 0.2) is 0 Å². The molecule has 0 radical (unpaired) electrons. The summed E-state index contributed by atoms with van der Waals surface area (Å²) in [5, 5.41) is 11.5. The van der Waals surface area contributed by atoms with Crippen LogP contribution < -0.4 is 11.1 Å². The number of hydrogen-bond donors (Lipinski definition) is 3. The van der Waals surface area contributed by atoms with Crippen LogP contribution in [0.25, 0.3) is 0 Å². The van der Waals surface area contributed by atoms with Crippen LogP contribution in [-0.2, 0) is 9.59 Å². The average Bonchev–Trinajstić information content (AvgIpc) is 2.15. The van der Waals surface area contributed by atoms with Gasteiger partial charge < -0.3 is 16.2 Å². The molecule has 17 heavy (non-hydrogen) atoms. The molecule has 0 bridgehead atoms. The van der Waals surface area contributed by atoms with Crippen molar-refractivity contribution in [2.24, 2.45) is 11.7 Å². The van der Waals surface area contributed by atoms with Gasteiger partial charge in [-0.2, -0.15) is 0 Å². The standard InChI is InChI=1S/C12H24N2O3/c1-4-5-9(13)7-11(15)14-10(12(16)17)6-8(2)3/h8-10H,4-7,13H2,1-3H3,(H,14,15)(H,16,17). The van der Waals surface area contributed by atoms with Gasteiger partial charge in [0.25, 0.3) is 0 Å². The Balaban J connectivity index is 4.17. The topological polar surface area (TPSA) is 92.4 Å². The molecule has 0 aromatic rings. The molecule has 0 fully saturated rings. The normalized spacial score (nSPS) is 14.4. The molecule has 4 N–H and O–H groups in total. The first-order chi connectivity index (χ1) is 7.86. The van der Waals surface area contributed by atoms with E-state index < -0.39 is 12.0 Å². The minimum atomic E-state index is -0.990. The Hall–Kier alpha value is -1.10. The van der Waals surface area contributed by atoms with E-state index in [9.17, 15) is 9.59 Å². The van der Waals surface area contributed by atoms with E-state index in [-0.39, 0.29) is 24.3 Å². The predicted octanol–water partition coefficient (Wildman–Crippen LogP) is 1.12. The van der Waals surface area contributed by atoms with Crippen molar-refractivity contribution >= 4 is 11.9 Å². The maximum absolute atomic E-state index is 11.6. The predicted molar refractivity (Wildman–Crippen MR) is 66.5 cm³/mol. The fraction of sp³-hybridized carbons (Fsp3) is 0.833. The van der Waals surface area contributed by atoms with Crippen molar-refractivity contribution < 1.29 is 14.7 Å². The number of aliphatic carboxylic acids is 1. The molecule has 1 amide bonds. The van der Waals surface area contributed by atoms with E-state index in [2.05, 4.69) is 5.32 Å². The van der Waals surface area contributed by atoms with E-state index in [1.165, 1.54) is 0 Å². The molecule has 0 saturated heterocycles. The lowest BCUT2D eigenvalue weighted by Crippen LogP contribution is -2.43. The number of nitrogens with two attached hydrogens (primary N) is 1. The zero-order valence-corrected chi connectivity index (χ0v) is 10.9. The Labute approximate surface area is 103 Å². The van der Waals surface area contributed by atoms with Crippen LogP contribution in [0.2, 0.25) is 0 Å². The Morgan fingerprint density at radius 3 is 2.35 bits per heavy atom. The lowest BCUT2D eigenvalue weighted by atomic mass is 10.0. The Morgan fingerprint density at radius 2 is 1.94 bits per heavy atom. The molecule has 0 aliphatic carbocycles. The van der Waals surface area contributed by atoms with Gasteiger partial charge in [-0.05, 0) is 18.8 Å². The molecule has 0 heterocycles. The molecule has 0 aromatic carbocycles. The van der Waals surface area contributed by atoms with Crippen LogP contribution in [0.4, 0.5) is 0 Å². The van der Waals surface area contributed by atoms with E-state index in [0.29, 0.717) is 6.42 Å². The number of carboxylic acid groups (broad SMARTS) is 1. The molecular formula is C12H24N2O3. The molecule has 0 aliphatic rings. The summed E-state index contributed by atoms with van der Waals surface area (Å²) < 4.78 is 0. The van der Waals surface area contributed by atoms with Gasteiger partial charge >= 0.3 is 5.97 Å². The molecule has 0 saturated carbocycles. The summed E-state index contributed by atoms with van der Waals surface area (Å²) in [6.45, 7) is 5.84. The number of amides is 1. The molecule has 5 heteroatoms. The van der Waals surface area contributed by atoms with Crippen LogP contribution >= 0.6 is 0 Å². The second-order valence-electron chi connectivity index (χ2n) is 4.84. The third kappa shape index (κ3) is 7.74. The summed E-state index contributed by atoms with van der Waals surface area (Å²) in [5.41, 5.74) is 5.73. The van der Waals surface area contributed by atoms with Crippen LogP contribution in [0.1, 0.15) is 46.5 Å². The van der Waals surface area contributed by atoms with Crippen molar-refractivity contribution in [1.82, 2.24) is 5.32 Å². The summed E-state index contributed by atoms with van der Waals surface area (Å²) >= 11 is 0. The summed E-state index contributed by atoms with van der Waals surface area (Å²) in [4.78, 5) is 22.5. The van der Waals surface area contributed by atoms with Gasteiger partial charge in [-0.3, -0.25) is 4.79 Å². The third-order valence-electron chi connectivity index (χ3n) is 2.45. The summed E-state index contributed by atoms with van der Waals surface area (Å²) in [5.74, 6) is -1.05. The number of carbonyl (C=O) groups is 2. The van der Waals surface area contributed by atoms with Gasteiger partial charge in [0.05, 0.1) is 0 Å².